The van der Waals surface area contributed by atoms with E-state index in [-0.39, 0.29) is 18.4 Å². The quantitative estimate of drug-likeness (QED) is 0.835. The zero-order chi connectivity index (χ0) is 9.68. The van der Waals surface area contributed by atoms with E-state index >= 15 is 0 Å². The van der Waals surface area contributed by atoms with Gasteiger partial charge < -0.3 is 0 Å². The fourth-order valence-corrected chi connectivity index (χ4v) is 1.78. The van der Waals surface area contributed by atoms with Crippen LogP contribution in [-0.4, -0.2) is 6.54 Å². The Kier molecular flexibility index (Phi) is 6.65. The number of nitrogens with one attached hydrogen (secondary N) is 1. The molecule has 0 fully saturated rings. The van der Waals surface area contributed by atoms with E-state index in [1.807, 2.05) is 18.2 Å². The summed E-state index contributed by atoms with van der Waals surface area (Å²) in [6.07, 6.45) is 5.17. The number of hydrogen-bond acceptors (Lipinski definition) is 1. The maximum absolute atomic E-state index is 5.17. The average molecular weight is 275 g/mol. The number of hydrogen-bond donors (Lipinski definition) is 1. The second-order valence-electron chi connectivity index (χ2n) is 2.83. The molecule has 1 aromatic carbocycles. The summed E-state index contributed by atoms with van der Waals surface area (Å²) in [4.78, 5) is 0. The standard InChI is InChI=1S/C11H12BrN.ClH/c1-3-8-13-9(2)10-6-4-5-7-11(10)12;/h1,4-7,9,13H,8H2,2H3;1H/t9-;/m0./s1. The molecule has 0 aliphatic carbocycles. The summed E-state index contributed by atoms with van der Waals surface area (Å²) in [5.41, 5.74) is 1.23. The predicted molar refractivity (Wildman–Crippen MR) is 66.6 cm³/mol. The van der Waals surface area contributed by atoms with Gasteiger partial charge in [-0.3, -0.25) is 5.32 Å². The van der Waals surface area contributed by atoms with Gasteiger partial charge in [-0.2, -0.15) is 0 Å². The molecule has 1 rings (SSSR count). The predicted octanol–water partition coefficient (Wildman–Crippen LogP) is 3.15. The van der Waals surface area contributed by atoms with Gasteiger partial charge in [0.05, 0.1) is 6.54 Å². The van der Waals surface area contributed by atoms with Gasteiger partial charge in [0.25, 0.3) is 0 Å². The van der Waals surface area contributed by atoms with Crippen molar-refractivity contribution < 1.29 is 0 Å². The van der Waals surface area contributed by atoms with E-state index in [9.17, 15) is 0 Å². The van der Waals surface area contributed by atoms with Crippen LogP contribution in [0.5, 0.6) is 0 Å². The molecule has 0 aromatic heterocycles. The van der Waals surface area contributed by atoms with Crippen LogP contribution in [0.4, 0.5) is 0 Å². The fourth-order valence-electron chi connectivity index (χ4n) is 1.15. The maximum Gasteiger partial charge on any atom is 0.0578 e. The molecule has 0 amide bonds. The van der Waals surface area contributed by atoms with Gasteiger partial charge >= 0.3 is 0 Å². The smallest absolute Gasteiger partial charge is 0.0578 e. The van der Waals surface area contributed by atoms with E-state index in [0.717, 1.165) is 4.47 Å². The van der Waals surface area contributed by atoms with Gasteiger partial charge in [0, 0.05) is 10.5 Å². The Balaban J connectivity index is 0.00000169. The van der Waals surface area contributed by atoms with Crippen LogP contribution in [-0.2, 0) is 0 Å². The van der Waals surface area contributed by atoms with Crippen LogP contribution in [0.1, 0.15) is 18.5 Å². The summed E-state index contributed by atoms with van der Waals surface area (Å²) in [6, 6.07) is 8.42. The Morgan fingerprint density at radius 2 is 2.14 bits per heavy atom. The Bertz CT molecular complexity index is 319. The molecular formula is C11H13BrClN. The zero-order valence-electron chi connectivity index (χ0n) is 7.96. The van der Waals surface area contributed by atoms with E-state index in [4.69, 9.17) is 6.42 Å². The lowest BCUT2D eigenvalue weighted by atomic mass is 10.1. The summed E-state index contributed by atoms with van der Waals surface area (Å²) >= 11 is 3.50. The average Bonchev–Trinajstić information content (AvgIpc) is 2.15. The van der Waals surface area contributed by atoms with E-state index < -0.39 is 0 Å². The van der Waals surface area contributed by atoms with Crippen LogP contribution in [0.25, 0.3) is 0 Å². The highest BCUT2D eigenvalue weighted by atomic mass is 79.9. The number of halogens is 2. The zero-order valence-corrected chi connectivity index (χ0v) is 10.4. The van der Waals surface area contributed by atoms with Crippen LogP contribution in [0.2, 0.25) is 0 Å². The van der Waals surface area contributed by atoms with E-state index in [2.05, 4.69) is 40.2 Å². The molecule has 0 radical (unpaired) electrons. The van der Waals surface area contributed by atoms with Gasteiger partial charge in [0.15, 0.2) is 0 Å². The van der Waals surface area contributed by atoms with E-state index in [0.29, 0.717) is 6.54 Å². The molecular weight excluding hydrogens is 261 g/mol. The van der Waals surface area contributed by atoms with E-state index in [1.165, 1.54) is 5.56 Å². The third kappa shape index (κ3) is 3.71. The molecule has 76 valence electrons. The minimum atomic E-state index is 0. The summed E-state index contributed by atoms with van der Waals surface area (Å²) in [5.74, 6) is 2.56. The minimum Gasteiger partial charge on any atom is -0.300 e. The molecule has 0 aliphatic heterocycles. The third-order valence-corrected chi connectivity index (χ3v) is 2.60. The highest BCUT2D eigenvalue weighted by Crippen LogP contribution is 2.22. The molecule has 1 N–H and O–H groups in total. The monoisotopic (exact) mass is 273 g/mol. The molecule has 1 aromatic rings. The van der Waals surface area contributed by atoms with Crippen LogP contribution in [0.3, 0.4) is 0 Å². The molecule has 3 heteroatoms. The van der Waals surface area contributed by atoms with Crippen LogP contribution in [0, 0.1) is 12.3 Å². The molecule has 0 bridgehead atoms. The first kappa shape index (κ1) is 13.5. The number of terminal acetylenes is 1. The van der Waals surface area contributed by atoms with Crippen molar-refractivity contribution >= 4 is 28.3 Å². The number of rotatable bonds is 3. The molecule has 0 aliphatic rings. The molecule has 0 spiro atoms. The molecule has 0 saturated carbocycles. The highest BCUT2D eigenvalue weighted by Gasteiger charge is 2.06. The second-order valence-corrected chi connectivity index (χ2v) is 3.68. The van der Waals surface area contributed by atoms with Crippen molar-refractivity contribution in [2.75, 3.05) is 6.54 Å². The molecule has 0 heterocycles. The topological polar surface area (TPSA) is 12.0 Å². The third-order valence-electron chi connectivity index (χ3n) is 1.88. The largest absolute Gasteiger partial charge is 0.300 e. The highest BCUT2D eigenvalue weighted by molar-refractivity contribution is 9.10. The van der Waals surface area contributed by atoms with Crippen LogP contribution >= 0.6 is 28.3 Å². The number of benzene rings is 1. The van der Waals surface area contributed by atoms with Crippen molar-refractivity contribution in [3.8, 4) is 12.3 Å². The van der Waals surface area contributed by atoms with Crippen molar-refractivity contribution in [1.29, 1.82) is 0 Å². The molecule has 1 atom stereocenters. The van der Waals surface area contributed by atoms with Gasteiger partial charge in [-0.05, 0) is 18.6 Å². The van der Waals surface area contributed by atoms with Gasteiger partial charge in [0.2, 0.25) is 0 Å². The van der Waals surface area contributed by atoms with Crippen molar-refractivity contribution in [2.45, 2.75) is 13.0 Å². The molecule has 1 nitrogen and oxygen atoms in total. The summed E-state index contributed by atoms with van der Waals surface area (Å²) in [7, 11) is 0. The minimum absolute atomic E-state index is 0. The molecule has 14 heavy (non-hydrogen) atoms. The summed E-state index contributed by atoms with van der Waals surface area (Å²) < 4.78 is 1.12. The van der Waals surface area contributed by atoms with Crippen LogP contribution in [0.15, 0.2) is 28.7 Å². The normalized spacial score (nSPS) is 11.2. The van der Waals surface area contributed by atoms with Crippen molar-refractivity contribution in [1.82, 2.24) is 5.32 Å². The Hall–Kier alpha value is -0.490. The maximum atomic E-state index is 5.17. The lowest BCUT2D eigenvalue weighted by molar-refractivity contribution is 0.621. The summed E-state index contributed by atoms with van der Waals surface area (Å²) in [5, 5.41) is 3.22. The molecule has 0 saturated heterocycles. The Morgan fingerprint density at radius 1 is 1.50 bits per heavy atom. The summed E-state index contributed by atoms with van der Waals surface area (Å²) in [6.45, 7) is 2.69. The fraction of sp³-hybridized carbons (Fsp3) is 0.273. The first-order valence-electron chi connectivity index (χ1n) is 4.17. The van der Waals surface area contributed by atoms with Crippen LogP contribution < -0.4 is 5.32 Å². The van der Waals surface area contributed by atoms with Gasteiger partial charge in [-0.25, -0.2) is 0 Å². The first-order valence-corrected chi connectivity index (χ1v) is 4.96. The lowest BCUT2D eigenvalue weighted by Crippen LogP contribution is -2.18. The second kappa shape index (κ2) is 6.89. The van der Waals surface area contributed by atoms with Crippen molar-refractivity contribution in [2.24, 2.45) is 0 Å². The van der Waals surface area contributed by atoms with Gasteiger partial charge in [-0.1, -0.05) is 40.0 Å². The van der Waals surface area contributed by atoms with Gasteiger partial charge in [-0.15, -0.1) is 18.8 Å². The Morgan fingerprint density at radius 3 is 2.71 bits per heavy atom. The SMILES string of the molecule is C#CCN[C@@H](C)c1ccccc1Br.Cl. The van der Waals surface area contributed by atoms with Crippen molar-refractivity contribution in [3.05, 3.63) is 34.3 Å². The lowest BCUT2D eigenvalue weighted by Gasteiger charge is -2.13. The van der Waals surface area contributed by atoms with E-state index in [1.54, 1.807) is 0 Å². The Labute approximate surface area is 99.8 Å². The molecule has 0 unspecified atom stereocenters. The van der Waals surface area contributed by atoms with Crippen molar-refractivity contribution in [3.63, 3.8) is 0 Å². The first-order chi connectivity index (χ1) is 6.25. The van der Waals surface area contributed by atoms with Gasteiger partial charge in [0.1, 0.15) is 0 Å².